The minimum absolute atomic E-state index is 0.0650. The van der Waals surface area contributed by atoms with Crippen molar-refractivity contribution in [2.45, 2.75) is 19.4 Å². The van der Waals surface area contributed by atoms with E-state index >= 15 is 0 Å². The maximum Gasteiger partial charge on any atom is 0.252 e. The van der Waals surface area contributed by atoms with Gasteiger partial charge in [0.15, 0.2) is 0 Å². The van der Waals surface area contributed by atoms with Crippen molar-refractivity contribution >= 4 is 23.4 Å². The van der Waals surface area contributed by atoms with Crippen LogP contribution in [-0.4, -0.2) is 42.3 Å². The number of anilines is 1. The molecule has 0 saturated carbocycles. The summed E-state index contributed by atoms with van der Waals surface area (Å²) in [6.07, 6.45) is 0.167. The fourth-order valence-electron chi connectivity index (χ4n) is 3.79. The lowest BCUT2D eigenvalue weighted by atomic mass is 10.0. The van der Waals surface area contributed by atoms with Gasteiger partial charge >= 0.3 is 0 Å². The normalized spacial score (nSPS) is 19.1. The van der Waals surface area contributed by atoms with Gasteiger partial charge in [-0.15, -0.1) is 0 Å². The van der Waals surface area contributed by atoms with Crippen LogP contribution in [0.3, 0.4) is 0 Å². The number of piperazine rings is 1. The van der Waals surface area contributed by atoms with Crippen LogP contribution in [0.15, 0.2) is 48.5 Å². The van der Waals surface area contributed by atoms with E-state index in [0.29, 0.717) is 18.7 Å². The van der Waals surface area contributed by atoms with E-state index in [4.69, 9.17) is 0 Å². The summed E-state index contributed by atoms with van der Waals surface area (Å²) in [6.45, 7) is 3.00. The van der Waals surface area contributed by atoms with E-state index in [-0.39, 0.29) is 36.7 Å². The van der Waals surface area contributed by atoms with Gasteiger partial charge in [0.2, 0.25) is 11.8 Å². The van der Waals surface area contributed by atoms with Gasteiger partial charge in [-0.3, -0.25) is 14.4 Å². The summed E-state index contributed by atoms with van der Waals surface area (Å²) in [6, 6.07) is 14.7. The number of benzene rings is 2. The van der Waals surface area contributed by atoms with Crippen molar-refractivity contribution in [2.75, 3.05) is 24.5 Å². The summed E-state index contributed by atoms with van der Waals surface area (Å²) in [5.41, 5.74) is 3.40. The van der Waals surface area contributed by atoms with Crippen molar-refractivity contribution in [1.29, 1.82) is 0 Å². The fraction of sp³-hybridized carbons (Fsp3) is 0.286. The lowest BCUT2D eigenvalue weighted by Gasteiger charge is -2.35. The Hall–Kier alpha value is -3.15. The molecule has 2 aliphatic heterocycles. The topological polar surface area (TPSA) is 69.7 Å². The van der Waals surface area contributed by atoms with Crippen LogP contribution >= 0.6 is 0 Å². The molecule has 6 nitrogen and oxygen atoms in total. The van der Waals surface area contributed by atoms with Crippen LogP contribution in [0.25, 0.3) is 0 Å². The number of carbonyl (C=O) groups excluding carboxylic acids is 3. The maximum absolute atomic E-state index is 12.7. The molecule has 0 bridgehead atoms. The molecule has 138 valence electrons. The van der Waals surface area contributed by atoms with Gasteiger partial charge in [0.05, 0.1) is 12.5 Å². The van der Waals surface area contributed by atoms with Crippen LogP contribution in [0.4, 0.5) is 5.69 Å². The second-order valence-electron chi connectivity index (χ2n) is 6.96. The Kier molecular flexibility index (Phi) is 4.39. The molecular formula is C21H21N3O3. The fourth-order valence-corrected chi connectivity index (χ4v) is 3.79. The molecule has 0 radical (unpaired) electrons. The molecule has 2 heterocycles. The first-order chi connectivity index (χ1) is 13.0. The van der Waals surface area contributed by atoms with E-state index in [1.54, 1.807) is 15.9 Å². The molecular weight excluding hydrogens is 342 g/mol. The summed E-state index contributed by atoms with van der Waals surface area (Å²) in [4.78, 5) is 40.7. The Labute approximate surface area is 157 Å². The highest BCUT2D eigenvalue weighted by atomic mass is 16.2. The van der Waals surface area contributed by atoms with Crippen LogP contribution < -0.4 is 10.2 Å². The first-order valence-electron chi connectivity index (χ1n) is 9.08. The van der Waals surface area contributed by atoms with Crippen molar-refractivity contribution in [2.24, 2.45) is 0 Å². The summed E-state index contributed by atoms with van der Waals surface area (Å²) in [5.74, 6) is -0.349. The average Bonchev–Trinajstić information content (AvgIpc) is 2.98. The zero-order valence-corrected chi connectivity index (χ0v) is 15.1. The third-order valence-electron chi connectivity index (χ3n) is 5.24. The number of para-hydroxylation sites is 1. The molecule has 1 atom stereocenters. The van der Waals surface area contributed by atoms with Gasteiger partial charge in [-0.1, -0.05) is 36.4 Å². The lowest BCUT2D eigenvalue weighted by molar-refractivity contribution is -0.137. The van der Waals surface area contributed by atoms with Gasteiger partial charge in [0.25, 0.3) is 5.91 Å². The van der Waals surface area contributed by atoms with Crippen LogP contribution in [0.2, 0.25) is 0 Å². The van der Waals surface area contributed by atoms with E-state index in [1.165, 1.54) is 0 Å². The number of nitrogens with one attached hydrogen (secondary N) is 1. The maximum atomic E-state index is 12.7. The van der Waals surface area contributed by atoms with Crippen molar-refractivity contribution in [3.63, 3.8) is 0 Å². The highest BCUT2D eigenvalue weighted by Gasteiger charge is 2.33. The monoisotopic (exact) mass is 363 g/mol. The quantitative estimate of drug-likeness (QED) is 0.907. The smallest absolute Gasteiger partial charge is 0.252 e. The number of carbonyl (C=O) groups is 3. The molecule has 0 aliphatic carbocycles. The van der Waals surface area contributed by atoms with Crippen LogP contribution in [-0.2, 0) is 9.59 Å². The van der Waals surface area contributed by atoms with Gasteiger partial charge in [-0.25, -0.2) is 0 Å². The van der Waals surface area contributed by atoms with Gasteiger partial charge in [0, 0.05) is 24.3 Å². The molecule has 4 rings (SSSR count). The summed E-state index contributed by atoms with van der Waals surface area (Å²) in [5, 5.41) is 2.86. The number of fused-ring (bicyclic) bond motifs is 1. The van der Waals surface area contributed by atoms with Gasteiger partial charge in [-0.2, -0.15) is 0 Å². The van der Waals surface area contributed by atoms with E-state index in [2.05, 4.69) is 5.32 Å². The molecule has 1 fully saturated rings. The van der Waals surface area contributed by atoms with Crippen molar-refractivity contribution < 1.29 is 14.4 Å². The van der Waals surface area contributed by atoms with E-state index < -0.39 is 0 Å². The molecule has 27 heavy (non-hydrogen) atoms. The molecule has 3 amide bonds. The first-order valence-corrected chi connectivity index (χ1v) is 9.08. The summed E-state index contributed by atoms with van der Waals surface area (Å²) < 4.78 is 0. The molecule has 0 spiro atoms. The van der Waals surface area contributed by atoms with Crippen LogP contribution in [0, 0.1) is 6.92 Å². The highest BCUT2D eigenvalue weighted by molar-refractivity contribution is 6.01. The van der Waals surface area contributed by atoms with Crippen molar-refractivity contribution in [1.82, 2.24) is 10.2 Å². The van der Waals surface area contributed by atoms with Gasteiger partial charge in [0.1, 0.15) is 6.54 Å². The van der Waals surface area contributed by atoms with Gasteiger partial charge < -0.3 is 15.1 Å². The Morgan fingerprint density at radius 2 is 1.81 bits per heavy atom. The number of amides is 3. The van der Waals surface area contributed by atoms with E-state index in [0.717, 1.165) is 16.8 Å². The Morgan fingerprint density at radius 1 is 1.07 bits per heavy atom. The predicted octanol–water partition coefficient (Wildman–Crippen LogP) is 2.05. The van der Waals surface area contributed by atoms with Crippen LogP contribution in [0.1, 0.15) is 33.9 Å². The Bertz CT molecular complexity index is 924. The Morgan fingerprint density at radius 3 is 2.59 bits per heavy atom. The van der Waals surface area contributed by atoms with Crippen LogP contribution in [0.5, 0.6) is 0 Å². The highest BCUT2D eigenvalue weighted by Crippen LogP contribution is 2.28. The number of hydrogen-bond acceptors (Lipinski definition) is 3. The Balaban J connectivity index is 1.43. The molecule has 2 aromatic rings. The molecule has 2 aliphatic rings. The second kappa shape index (κ2) is 6.87. The van der Waals surface area contributed by atoms with Crippen molar-refractivity contribution in [3.8, 4) is 0 Å². The largest absolute Gasteiger partial charge is 0.345 e. The SMILES string of the molecule is Cc1ccccc1N1CCN(C(=O)CC2NC(=O)c3ccccc32)CC1=O. The minimum Gasteiger partial charge on any atom is -0.345 e. The molecule has 6 heteroatoms. The van der Waals surface area contributed by atoms with Crippen molar-refractivity contribution in [3.05, 3.63) is 65.2 Å². The lowest BCUT2D eigenvalue weighted by Crippen LogP contribution is -2.53. The summed E-state index contributed by atoms with van der Waals surface area (Å²) in [7, 11) is 0. The molecule has 1 saturated heterocycles. The third kappa shape index (κ3) is 3.18. The third-order valence-corrected chi connectivity index (χ3v) is 5.24. The second-order valence-corrected chi connectivity index (χ2v) is 6.96. The van der Waals surface area contributed by atoms with Gasteiger partial charge in [-0.05, 0) is 30.2 Å². The first kappa shape index (κ1) is 17.3. The number of nitrogens with zero attached hydrogens (tertiary/aromatic N) is 2. The average molecular weight is 363 g/mol. The number of rotatable bonds is 3. The number of aryl methyl sites for hydroxylation is 1. The van der Waals surface area contributed by atoms with E-state index in [9.17, 15) is 14.4 Å². The predicted molar refractivity (Wildman–Crippen MR) is 101 cm³/mol. The molecule has 1 unspecified atom stereocenters. The standard InChI is InChI=1S/C21H21N3O3/c1-14-6-2-5-9-18(14)24-11-10-23(13-20(24)26)19(25)12-17-15-7-3-4-8-16(15)21(27)22-17/h2-9,17H,10-13H2,1H3,(H,22,27). The molecule has 0 aromatic heterocycles. The zero-order valence-electron chi connectivity index (χ0n) is 15.1. The minimum atomic E-state index is -0.328. The summed E-state index contributed by atoms with van der Waals surface area (Å²) >= 11 is 0. The zero-order chi connectivity index (χ0) is 19.0. The van der Waals surface area contributed by atoms with E-state index in [1.807, 2.05) is 49.4 Å². The molecule has 1 N–H and O–H groups in total. The number of hydrogen-bond donors (Lipinski definition) is 1. The molecule has 2 aromatic carbocycles.